The summed E-state index contributed by atoms with van der Waals surface area (Å²) in [5.74, 6) is 0. The van der Waals surface area contributed by atoms with Crippen molar-refractivity contribution >= 4 is 36.2 Å². The van der Waals surface area contributed by atoms with Crippen molar-refractivity contribution in [1.29, 1.82) is 0 Å². The van der Waals surface area contributed by atoms with Gasteiger partial charge in [-0.15, -0.1) is 24.8 Å². The second kappa shape index (κ2) is 9.17. The molecule has 0 amide bonds. The molecule has 0 atom stereocenters. The van der Waals surface area contributed by atoms with Crippen molar-refractivity contribution in [3.8, 4) is 0 Å². The fourth-order valence-electron chi connectivity index (χ4n) is 3.16. The first-order valence-electron chi connectivity index (χ1n) is 7.84. The number of hydrogen-bond donors (Lipinski definition) is 0. The predicted octanol–water partition coefficient (Wildman–Crippen LogP) is 4.72. The van der Waals surface area contributed by atoms with E-state index < -0.39 is 0 Å². The van der Waals surface area contributed by atoms with Crippen LogP contribution in [0.15, 0.2) is 48.5 Å². The highest BCUT2D eigenvalue weighted by Gasteiger charge is 2.19. The van der Waals surface area contributed by atoms with Gasteiger partial charge in [0.1, 0.15) is 0 Å². The number of halogens is 2. The van der Waals surface area contributed by atoms with Gasteiger partial charge >= 0.3 is 0 Å². The Labute approximate surface area is 152 Å². The molecule has 1 aliphatic heterocycles. The smallest absolute Gasteiger partial charge is 0.0443 e. The lowest BCUT2D eigenvalue weighted by Crippen LogP contribution is -2.23. The van der Waals surface area contributed by atoms with E-state index in [1.807, 2.05) is 0 Å². The highest BCUT2D eigenvalue weighted by atomic mass is 35.5. The number of benzene rings is 2. The first kappa shape index (κ1) is 19.8. The van der Waals surface area contributed by atoms with Crippen molar-refractivity contribution in [2.24, 2.45) is 0 Å². The minimum Gasteiger partial charge on any atom is -0.341 e. The third-order valence-corrected chi connectivity index (χ3v) is 4.22. The fourth-order valence-corrected chi connectivity index (χ4v) is 3.16. The average molecular weight is 353 g/mol. The SMILES string of the molecule is CN(C)CCCN1c2ccccc2CCc2ccccc21.Cl.Cl. The minimum atomic E-state index is 0. The topological polar surface area (TPSA) is 6.48 Å². The van der Waals surface area contributed by atoms with Crippen molar-refractivity contribution in [3.63, 3.8) is 0 Å². The zero-order valence-corrected chi connectivity index (χ0v) is 15.5. The number of anilines is 2. The van der Waals surface area contributed by atoms with Crippen LogP contribution in [0.4, 0.5) is 11.4 Å². The molecular formula is C19H26Cl2N2. The van der Waals surface area contributed by atoms with Crippen LogP contribution in [0, 0.1) is 0 Å². The number of aryl methyl sites for hydroxylation is 2. The van der Waals surface area contributed by atoms with E-state index in [9.17, 15) is 0 Å². The van der Waals surface area contributed by atoms with Crippen LogP contribution >= 0.6 is 24.8 Å². The van der Waals surface area contributed by atoms with Crippen molar-refractivity contribution < 1.29 is 0 Å². The van der Waals surface area contributed by atoms with E-state index in [0.29, 0.717) is 0 Å². The van der Waals surface area contributed by atoms with Gasteiger partial charge in [-0.05, 0) is 63.2 Å². The molecule has 2 nitrogen and oxygen atoms in total. The Balaban J connectivity index is 0.00000132. The summed E-state index contributed by atoms with van der Waals surface area (Å²) in [6.45, 7) is 2.20. The van der Waals surface area contributed by atoms with Crippen LogP contribution in [0.1, 0.15) is 17.5 Å². The van der Waals surface area contributed by atoms with Gasteiger partial charge in [-0.3, -0.25) is 0 Å². The lowest BCUT2D eigenvalue weighted by Gasteiger charge is -2.27. The van der Waals surface area contributed by atoms with Crippen molar-refractivity contribution in [2.75, 3.05) is 32.1 Å². The van der Waals surface area contributed by atoms with E-state index in [1.165, 1.54) is 28.9 Å². The highest BCUT2D eigenvalue weighted by Crippen LogP contribution is 2.35. The lowest BCUT2D eigenvalue weighted by molar-refractivity contribution is 0.402. The third-order valence-electron chi connectivity index (χ3n) is 4.22. The zero-order valence-electron chi connectivity index (χ0n) is 13.9. The lowest BCUT2D eigenvalue weighted by atomic mass is 10.0. The molecule has 0 saturated carbocycles. The second-order valence-electron chi connectivity index (χ2n) is 6.07. The predicted molar refractivity (Wildman–Crippen MR) is 105 cm³/mol. The maximum Gasteiger partial charge on any atom is 0.0443 e. The molecule has 126 valence electrons. The standard InChI is InChI=1S/C19H24N2.2ClH/c1-20(2)14-7-15-21-18-10-5-3-8-16(18)12-13-17-9-4-6-11-19(17)21;;/h3-6,8-11H,7,12-15H2,1-2H3;2*1H. The van der Waals surface area contributed by atoms with Crippen molar-refractivity contribution in [3.05, 3.63) is 59.7 Å². The molecule has 23 heavy (non-hydrogen) atoms. The van der Waals surface area contributed by atoms with E-state index in [4.69, 9.17) is 0 Å². The molecule has 0 bridgehead atoms. The van der Waals surface area contributed by atoms with Crippen LogP contribution in [0.5, 0.6) is 0 Å². The Hall–Kier alpha value is -1.22. The molecule has 0 fully saturated rings. The molecule has 1 aliphatic rings. The molecular weight excluding hydrogens is 327 g/mol. The van der Waals surface area contributed by atoms with E-state index in [1.54, 1.807) is 0 Å². The Morgan fingerprint density at radius 1 is 0.826 bits per heavy atom. The molecule has 0 unspecified atom stereocenters. The van der Waals surface area contributed by atoms with E-state index in [2.05, 4.69) is 72.4 Å². The molecule has 0 aliphatic carbocycles. The molecule has 0 aromatic heterocycles. The van der Waals surface area contributed by atoms with Gasteiger partial charge < -0.3 is 9.80 Å². The molecule has 0 saturated heterocycles. The Bertz CT molecular complexity index is 566. The molecule has 0 spiro atoms. The van der Waals surface area contributed by atoms with Crippen LogP contribution in [0.3, 0.4) is 0 Å². The summed E-state index contributed by atoms with van der Waals surface area (Å²) in [6, 6.07) is 17.7. The van der Waals surface area contributed by atoms with Crippen LogP contribution in [-0.4, -0.2) is 32.1 Å². The summed E-state index contributed by atoms with van der Waals surface area (Å²) in [4.78, 5) is 4.77. The second-order valence-corrected chi connectivity index (χ2v) is 6.07. The molecule has 4 heteroatoms. The van der Waals surface area contributed by atoms with Gasteiger partial charge in [-0.2, -0.15) is 0 Å². The zero-order chi connectivity index (χ0) is 14.7. The van der Waals surface area contributed by atoms with Gasteiger partial charge in [-0.25, -0.2) is 0 Å². The first-order chi connectivity index (χ1) is 10.3. The Kier molecular flexibility index (Phi) is 7.90. The van der Waals surface area contributed by atoms with Gasteiger partial charge in [0.25, 0.3) is 0 Å². The van der Waals surface area contributed by atoms with E-state index in [0.717, 1.165) is 25.9 Å². The molecule has 3 rings (SSSR count). The van der Waals surface area contributed by atoms with Crippen LogP contribution in [0.25, 0.3) is 0 Å². The summed E-state index contributed by atoms with van der Waals surface area (Å²) in [5, 5.41) is 0. The molecule has 2 aromatic rings. The largest absolute Gasteiger partial charge is 0.341 e. The molecule has 1 heterocycles. The van der Waals surface area contributed by atoms with Crippen molar-refractivity contribution in [1.82, 2.24) is 4.90 Å². The van der Waals surface area contributed by atoms with Crippen LogP contribution in [0.2, 0.25) is 0 Å². The summed E-state index contributed by atoms with van der Waals surface area (Å²) in [7, 11) is 4.29. The summed E-state index contributed by atoms with van der Waals surface area (Å²) in [5.41, 5.74) is 5.72. The maximum atomic E-state index is 2.52. The van der Waals surface area contributed by atoms with Crippen molar-refractivity contribution in [2.45, 2.75) is 19.3 Å². The summed E-state index contributed by atoms with van der Waals surface area (Å²) >= 11 is 0. The van der Waals surface area contributed by atoms with Crippen LogP contribution in [-0.2, 0) is 12.8 Å². The molecule has 0 radical (unpaired) electrons. The third kappa shape index (κ3) is 4.63. The Morgan fingerprint density at radius 3 is 1.78 bits per heavy atom. The van der Waals surface area contributed by atoms with Gasteiger partial charge in [0.15, 0.2) is 0 Å². The van der Waals surface area contributed by atoms with E-state index in [-0.39, 0.29) is 24.8 Å². The normalized spacial score (nSPS) is 12.6. The van der Waals surface area contributed by atoms with Gasteiger partial charge in [0.2, 0.25) is 0 Å². The summed E-state index contributed by atoms with van der Waals surface area (Å²) in [6.07, 6.45) is 3.45. The first-order valence-corrected chi connectivity index (χ1v) is 7.84. The maximum absolute atomic E-state index is 2.52. The number of rotatable bonds is 4. The number of hydrogen-bond acceptors (Lipinski definition) is 2. The van der Waals surface area contributed by atoms with Gasteiger partial charge in [-0.1, -0.05) is 36.4 Å². The van der Waals surface area contributed by atoms with Crippen LogP contribution < -0.4 is 4.90 Å². The number of fused-ring (bicyclic) bond motifs is 2. The average Bonchev–Trinajstić information content (AvgIpc) is 2.65. The highest BCUT2D eigenvalue weighted by molar-refractivity contribution is 5.85. The minimum absolute atomic E-state index is 0. The molecule has 0 N–H and O–H groups in total. The van der Waals surface area contributed by atoms with E-state index >= 15 is 0 Å². The Morgan fingerprint density at radius 2 is 1.30 bits per heavy atom. The number of nitrogens with zero attached hydrogens (tertiary/aromatic N) is 2. The fraction of sp³-hybridized carbons (Fsp3) is 0.368. The molecule has 2 aromatic carbocycles. The summed E-state index contributed by atoms with van der Waals surface area (Å²) < 4.78 is 0. The monoisotopic (exact) mass is 352 g/mol. The quantitative estimate of drug-likeness (QED) is 0.785. The number of para-hydroxylation sites is 2. The van der Waals surface area contributed by atoms with Gasteiger partial charge in [0.05, 0.1) is 0 Å². The van der Waals surface area contributed by atoms with Gasteiger partial charge in [0, 0.05) is 17.9 Å².